The number of para-hydroxylation sites is 1. The highest BCUT2D eigenvalue weighted by Crippen LogP contribution is 2.44. The molecule has 0 saturated heterocycles. The van der Waals surface area contributed by atoms with Gasteiger partial charge in [0, 0.05) is 16.9 Å². The van der Waals surface area contributed by atoms with Crippen LogP contribution >= 0.6 is 0 Å². The maximum atomic E-state index is 2.42. The third kappa shape index (κ3) is 6.12. The molecule has 1 heteroatoms. The van der Waals surface area contributed by atoms with Gasteiger partial charge < -0.3 is 4.90 Å². The Morgan fingerprint density at radius 1 is 0.236 bits per heavy atom. The minimum atomic E-state index is 1.09. The summed E-state index contributed by atoms with van der Waals surface area (Å²) in [5.41, 5.74) is 12.9. The van der Waals surface area contributed by atoms with Crippen molar-refractivity contribution in [3.05, 3.63) is 224 Å². The summed E-state index contributed by atoms with van der Waals surface area (Å²) < 4.78 is 0. The quantitative estimate of drug-likeness (QED) is 0.160. The highest BCUT2D eigenvalue weighted by atomic mass is 15.1. The molecule has 0 aliphatic rings. The molecule has 0 aliphatic heterocycles. The zero-order valence-electron chi connectivity index (χ0n) is 30.3. The lowest BCUT2D eigenvalue weighted by atomic mass is 9.95. The summed E-state index contributed by atoms with van der Waals surface area (Å²) in [6.45, 7) is 0. The summed E-state index contributed by atoms with van der Waals surface area (Å²) in [6.07, 6.45) is 0. The van der Waals surface area contributed by atoms with Crippen LogP contribution in [0.4, 0.5) is 17.1 Å². The second kappa shape index (κ2) is 14.0. The zero-order valence-corrected chi connectivity index (χ0v) is 30.3. The normalized spacial score (nSPS) is 11.3. The van der Waals surface area contributed by atoms with Crippen LogP contribution in [0.1, 0.15) is 0 Å². The molecule has 0 amide bonds. The fourth-order valence-electron chi connectivity index (χ4n) is 8.12. The summed E-state index contributed by atoms with van der Waals surface area (Å²) >= 11 is 0. The van der Waals surface area contributed by atoms with Crippen LogP contribution in [0.5, 0.6) is 0 Å². The van der Waals surface area contributed by atoms with Crippen LogP contribution < -0.4 is 4.90 Å². The van der Waals surface area contributed by atoms with Gasteiger partial charge in [-0.2, -0.15) is 0 Å². The molecule has 1 nitrogen and oxygen atoms in total. The van der Waals surface area contributed by atoms with E-state index in [1.165, 1.54) is 76.8 Å². The second-order valence-electron chi connectivity index (χ2n) is 14.1. The van der Waals surface area contributed by atoms with Gasteiger partial charge in [0.2, 0.25) is 0 Å². The molecule has 10 aromatic rings. The molecule has 0 bridgehead atoms. The van der Waals surface area contributed by atoms with Gasteiger partial charge in [0.05, 0.1) is 5.69 Å². The van der Waals surface area contributed by atoms with E-state index in [1.807, 2.05) is 0 Å². The van der Waals surface area contributed by atoms with Gasteiger partial charge in [0.15, 0.2) is 0 Å². The largest absolute Gasteiger partial charge is 0.310 e. The lowest BCUT2D eigenvalue weighted by molar-refractivity contribution is 1.28. The Kier molecular flexibility index (Phi) is 8.24. The molecule has 0 spiro atoms. The molecule has 0 aromatic heterocycles. The van der Waals surface area contributed by atoms with Crippen molar-refractivity contribution >= 4 is 49.4 Å². The van der Waals surface area contributed by atoms with Crippen LogP contribution in [-0.2, 0) is 0 Å². The predicted octanol–water partition coefficient (Wildman–Crippen LogP) is 15.3. The maximum Gasteiger partial charge on any atom is 0.0540 e. The predicted molar refractivity (Wildman–Crippen MR) is 235 cm³/mol. The smallest absolute Gasteiger partial charge is 0.0540 e. The molecular weight excluding hydrogens is 663 g/mol. The Bertz CT molecular complexity index is 2980. The van der Waals surface area contributed by atoms with E-state index in [-0.39, 0.29) is 0 Å². The Morgan fingerprint density at radius 3 is 1.53 bits per heavy atom. The van der Waals surface area contributed by atoms with E-state index < -0.39 is 0 Å². The van der Waals surface area contributed by atoms with Gasteiger partial charge in [0.25, 0.3) is 0 Å². The summed E-state index contributed by atoms with van der Waals surface area (Å²) in [6, 6.07) is 81.5. The zero-order chi connectivity index (χ0) is 36.6. The number of nitrogens with zero attached hydrogens (tertiary/aromatic N) is 1. The van der Waals surface area contributed by atoms with Gasteiger partial charge in [-0.25, -0.2) is 0 Å². The molecule has 0 radical (unpaired) electrons. The van der Waals surface area contributed by atoms with Gasteiger partial charge in [-0.3, -0.25) is 0 Å². The van der Waals surface area contributed by atoms with Crippen molar-refractivity contribution in [3.63, 3.8) is 0 Å². The summed E-state index contributed by atoms with van der Waals surface area (Å²) in [5.74, 6) is 0. The van der Waals surface area contributed by atoms with E-state index in [4.69, 9.17) is 0 Å². The van der Waals surface area contributed by atoms with Crippen LogP contribution in [0, 0.1) is 0 Å². The van der Waals surface area contributed by atoms with Crippen LogP contribution in [0.2, 0.25) is 0 Å². The highest BCUT2D eigenvalue weighted by molar-refractivity contribution is 6.02. The molecule has 0 atom stereocenters. The first-order valence-corrected chi connectivity index (χ1v) is 18.9. The van der Waals surface area contributed by atoms with Crippen molar-refractivity contribution < 1.29 is 0 Å². The molecule has 0 heterocycles. The first-order valence-electron chi connectivity index (χ1n) is 18.9. The third-order valence-electron chi connectivity index (χ3n) is 10.8. The van der Waals surface area contributed by atoms with E-state index in [1.54, 1.807) is 0 Å². The van der Waals surface area contributed by atoms with Crippen molar-refractivity contribution in [2.45, 2.75) is 0 Å². The topological polar surface area (TPSA) is 3.24 Å². The van der Waals surface area contributed by atoms with E-state index in [0.29, 0.717) is 0 Å². The SMILES string of the molecule is c1cc(-c2ccc(N(c3cccc(-c4cccc5ccccc45)c3)c3ccccc3-c3cccc4ccccc34)cc2)cc(-c2ccc3ccccc3c2)c1. The summed E-state index contributed by atoms with van der Waals surface area (Å²) in [7, 11) is 0. The molecule has 10 aromatic carbocycles. The molecule has 0 saturated carbocycles. The number of hydrogen-bond acceptors (Lipinski definition) is 1. The summed E-state index contributed by atoms with van der Waals surface area (Å²) in [5, 5.41) is 7.47. The molecule has 0 unspecified atom stereocenters. The molecule has 55 heavy (non-hydrogen) atoms. The van der Waals surface area contributed by atoms with E-state index in [0.717, 1.165) is 17.1 Å². The first-order chi connectivity index (χ1) is 27.3. The van der Waals surface area contributed by atoms with Gasteiger partial charge >= 0.3 is 0 Å². The van der Waals surface area contributed by atoms with Gasteiger partial charge in [-0.1, -0.05) is 182 Å². The van der Waals surface area contributed by atoms with Crippen LogP contribution in [-0.4, -0.2) is 0 Å². The molecule has 10 rings (SSSR count). The fraction of sp³-hybridized carbons (Fsp3) is 0. The molecule has 0 aliphatic carbocycles. The van der Waals surface area contributed by atoms with Gasteiger partial charge in [0.1, 0.15) is 0 Å². The van der Waals surface area contributed by atoms with E-state index in [2.05, 4.69) is 229 Å². The van der Waals surface area contributed by atoms with Crippen molar-refractivity contribution in [1.82, 2.24) is 0 Å². The molecule has 0 N–H and O–H groups in total. The number of benzene rings is 10. The Labute approximate surface area is 322 Å². The number of rotatable bonds is 7. The highest BCUT2D eigenvalue weighted by Gasteiger charge is 2.19. The first kappa shape index (κ1) is 32.4. The standard InChI is InChI=1S/C54H37N/c1-2-16-42-36-45(30-29-38(42)13-1)44-20-9-19-43(35-44)39-31-33-47(34-32-39)55(48-22-10-21-46(37-48)51-26-11-17-40-14-3-5-23-49(40)51)54-28-8-7-25-53(54)52-27-12-18-41-15-4-6-24-50(41)52/h1-37H. The molecule has 258 valence electrons. The Morgan fingerprint density at radius 2 is 0.745 bits per heavy atom. The average Bonchev–Trinajstić information content (AvgIpc) is 3.26. The number of anilines is 3. The monoisotopic (exact) mass is 699 g/mol. The van der Waals surface area contributed by atoms with Crippen LogP contribution in [0.25, 0.3) is 76.8 Å². The van der Waals surface area contributed by atoms with Crippen molar-refractivity contribution in [3.8, 4) is 44.5 Å². The lowest BCUT2D eigenvalue weighted by Gasteiger charge is -2.29. The maximum absolute atomic E-state index is 2.42. The molecular formula is C54H37N. The lowest BCUT2D eigenvalue weighted by Crippen LogP contribution is -2.11. The van der Waals surface area contributed by atoms with E-state index in [9.17, 15) is 0 Å². The fourth-order valence-corrected chi connectivity index (χ4v) is 8.12. The number of fused-ring (bicyclic) bond motifs is 3. The second-order valence-corrected chi connectivity index (χ2v) is 14.1. The summed E-state index contributed by atoms with van der Waals surface area (Å²) in [4.78, 5) is 2.42. The molecule has 0 fully saturated rings. The Hall–Kier alpha value is -7.22. The van der Waals surface area contributed by atoms with Crippen LogP contribution in [0.3, 0.4) is 0 Å². The van der Waals surface area contributed by atoms with Gasteiger partial charge in [-0.05, 0) is 114 Å². The minimum absolute atomic E-state index is 1.09. The Balaban J connectivity index is 1.10. The average molecular weight is 700 g/mol. The number of hydrogen-bond donors (Lipinski definition) is 0. The van der Waals surface area contributed by atoms with Gasteiger partial charge in [-0.15, -0.1) is 0 Å². The third-order valence-corrected chi connectivity index (χ3v) is 10.8. The minimum Gasteiger partial charge on any atom is -0.310 e. The van der Waals surface area contributed by atoms with Crippen molar-refractivity contribution in [2.75, 3.05) is 4.90 Å². The van der Waals surface area contributed by atoms with Crippen molar-refractivity contribution in [2.24, 2.45) is 0 Å². The van der Waals surface area contributed by atoms with Crippen molar-refractivity contribution in [1.29, 1.82) is 0 Å². The van der Waals surface area contributed by atoms with E-state index >= 15 is 0 Å². The van der Waals surface area contributed by atoms with Crippen LogP contribution in [0.15, 0.2) is 224 Å².